The first kappa shape index (κ1) is 9.58. The molecule has 13 heavy (non-hydrogen) atoms. The van der Waals surface area contributed by atoms with E-state index in [-0.39, 0.29) is 11.6 Å². The van der Waals surface area contributed by atoms with E-state index in [9.17, 15) is 9.59 Å². The third-order valence-electron chi connectivity index (χ3n) is 1.67. The van der Waals surface area contributed by atoms with Crippen molar-refractivity contribution in [3.05, 3.63) is 30.1 Å². The maximum atomic E-state index is 11.0. The van der Waals surface area contributed by atoms with Crippen LogP contribution in [-0.4, -0.2) is 11.6 Å². The van der Waals surface area contributed by atoms with Gasteiger partial charge in [-0.25, -0.2) is 0 Å². The molecular weight excluding hydrogens is 166 g/mol. The molecular formula is C10H12NO2+. The van der Waals surface area contributed by atoms with Crippen LogP contribution in [0.1, 0.15) is 24.2 Å². The third kappa shape index (κ3) is 2.78. The van der Waals surface area contributed by atoms with Crippen molar-refractivity contribution in [1.82, 2.24) is 0 Å². The van der Waals surface area contributed by atoms with Gasteiger partial charge in [-0.2, -0.15) is 4.57 Å². The van der Waals surface area contributed by atoms with Gasteiger partial charge < -0.3 is 0 Å². The topological polar surface area (TPSA) is 38.0 Å². The number of hydrogen-bond acceptors (Lipinski definition) is 2. The zero-order valence-electron chi connectivity index (χ0n) is 7.78. The smallest absolute Gasteiger partial charge is 0.206 e. The highest BCUT2D eigenvalue weighted by atomic mass is 16.1. The maximum Gasteiger partial charge on any atom is 0.206 e. The number of hydrogen-bond donors (Lipinski definition) is 0. The number of carbonyl (C=O) groups is 2. The molecule has 68 valence electrons. The predicted octanol–water partition coefficient (Wildman–Crippen LogP) is 0.766. The maximum absolute atomic E-state index is 11.0. The highest BCUT2D eigenvalue weighted by Crippen LogP contribution is 1.94. The van der Waals surface area contributed by atoms with Crippen molar-refractivity contribution >= 4 is 11.6 Å². The van der Waals surface area contributed by atoms with Gasteiger partial charge in [-0.05, 0) is 13.0 Å². The van der Waals surface area contributed by atoms with Crippen molar-refractivity contribution < 1.29 is 14.2 Å². The molecule has 0 atom stereocenters. The minimum atomic E-state index is 0.0119. The van der Waals surface area contributed by atoms with Gasteiger partial charge in [0.1, 0.15) is 0 Å². The molecule has 0 saturated heterocycles. The van der Waals surface area contributed by atoms with E-state index in [1.54, 1.807) is 29.1 Å². The molecule has 0 radical (unpaired) electrons. The van der Waals surface area contributed by atoms with Crippen LogP contribution in [0.3, 0.4) is 0 Å². The van der Waals surface area contributed by atoms with Gasteiger partial charge in [0.05, 0.1) is 5.56 Å². The number of nitrogens with zero attached hydrogens (tertiary/aromatic N) is 1. The van der Waals surface area contributed by atoms with E-state index in [1.807, 2.05) is 0 Å². The van der Waals surface area contributed by atoms with Crippen molar-refractivity contribution in [3.8, 4) is 0 Å². The average Bonchev–Trinajstić information content (AvgIpc) is 2.03. The number of carbonyl (C=O) groups excluding carboxylic acids is 2. The van der Waals surface area contributed by atoms with E-state index in [0.29, 0.717) is 12.1 Å². The highest BCUT2D eigenvalue weighted by Gasteiger charge is 2.07. The van der Waals surface area contributed by atoms with Crippen LogP contribution in [0.4, 0.5) is 0 Å². The van der Waals surface area contributed by atoms with Crippen LogP contribution in [0.25, 0.3) is 0 Å². The number of pyridine rings is 1. The predicted molar refractivity (Wildman–Crippen MR) is 47.3 cm³/mol. The molecule has 0 aliphatic rings. The zero-order chi connectivity index (χ0) is 9.84. The quantitative estimate of drug-likeness (QED) is 0.506. The zero-order valence-corrected chi connectivity index (χ0v) is 7.78. The first-order valence-electron chi connectivity index (χ1n) is 4.09. The SMILES string of the molecule is CC(=O)C[n+]1cccc(C(C)=O)c1. The lowest BCUT2D eigenvalue weighted by Crippen LogP contribution is -2.36. The largest absolute Gasteiger partial charge is 0.294 e. The molecule has 0 bridgehead atoms. The Kier molecular flexibility index (Phi) is 2.90. The van der Waals surface area contributed by atoms with Crippen LogP contribution in [0.5, 0.6) is 0 Å². The van der Waals surface area contributed by atoms with Gasteiger partial charge in [0, 0.05) is 13.0 Å². The fraction of sp³-hybridized carbons (Fsp3) is 0.300. The number of aromatic nitrogens is 1. The summed E-state index contributed by atoms with van der Waals surface area (Å²) in [6, 6.07) is 3.50. The summed E-state index contributed by atoms with van der Waals surface area (Å²) in [5, 5.41) is 0. The van der Waals surface area contributed by atoms with E-state index in [4.69, 9.17) is 0 Å². The van der Waals surface area contributed by atoms with E-state index >= 15 is 0 Å². The van der Waals surface area contributed by atoms with Gasteiger partial charge in [0.2, 0.25) is 6.54 Å². The Balaban J connectivity index is 2.91. The molecule has 0 fully saturated rings. The van der Waals surface area contributed by atoms with Crippen molar-refractivity contribution in [2.24, 2.45) is 0 Å². The average molecular weight is 178 g/mol. The standard InChI is InChI=1S/C10H12NO2/c1-8(12)6-11-5-3-4-10(7-11)9(2)13/h3-5,7H,6H2,1-2H3/q+1. The first-order valence-corrected chi connectivity index (χ1v) is 4.09. The summed E-state index contributed by atoms with van der Waals surface area (Å²) in [6.45, 7) is 3.35. The van der Waals surface area contributed by atoms with E-state index < -0.39 is 0 Å². The first-order chi connectivity index (χ1) is 6.09. The Morgan fingerprint density at radius 1 is 1.38 bits per heavy atom. The van der Waals surface area contributed by atoms with Crippen LogP contribution < -0.4 is 4.57 Å². The van der Waals surface area contributed by atoms with Crippen molar-refractivity contribution in [1.29, 1.82) is 0 Å². The monoisotopic (exact) mass is 178 g/mol. The summed E-state index contributed by atoms with van der Waals surface area (Å²) < 4.78 is 1.71. The molecule has 0 N–H and O–H groups in total. The van der Waals surface area contributed by atoms with Crippen molar-refractivity contribution in [2.45, 2.75) is 20.4 Å². The summed E-state index contributed by atoms with van der Waals surface area (Å²) in [5.74, 6) is 0.0867. The molecule has 3 heteroatoms. The highest BCUT2D eigenvalue weighted by molar-refractivity contribution is 5.93. The second-order valence-corrected chi connectivity index (χ2v) is 3.02. The van der Waals surface area contributed by atoms with Gasteiger partial charge in [-0.1, -0.05) is 0 Å². The molecule has 0 aromatic carbocycles. The Morgan fingerprint density at radius 3 is 2.62 bits per heavy atom. The third-order valence-corrected chi connectivity index (χ3v) is 1.67. The van der Waals surface area contributed by atoms with E-state index in [1.165, 1.54) is 13.8 Å². The fourth-order valence-corrected chi connectivity index (χ4v) is 1.09. The van der Waals surface area contributed by atoms with Gasteiger partial charge >= 0.3 is 0 Å². The molecule has 1 rings (SSSR count). The molecule has 0 saturated carbocycles. The Bertz CT molecular complexity index is 345. The lowest BCUT2D eigenvalue weighted by atomic mass is 10.2. The normalized spacial score (nSPS) is 9.69. The van der Waals surface area contributed by atoms with Crippen LogP contribution in [0, 0.1) is 0 Å². The van der Waals surface area contributed by atoms with E-state index in [2.05, 4.69) is 0 Å². The Morgan fingerprint density at radius 2 is 2.08 bits per heavy atom. The number of rotatable bonds is 3. The van der Waals surface area contributed by atoms with Crippen LogP contribution in [0.15, 0.2) is 24.5 Å². The van der Waals surface area contributed by atoms with E-state index in [0.717, 1.165) is 0 Å². The van der Waals surface area contributed by atoms with Crippen LogP contribution >= 0.6 is 0 Å². The molecule has 1 aromatic rings. The second-order valence-electron chi connectivity index (χ2n) is 3.02. The molecule has 1 heterocycles. The molecule has 3 nitrogen and oxygen atoms in total. The molecule has 1 aromatic heterocycles. The molecule has 0 spiro atoms. The second kappa shape index (κ2) is 3.94. The van der Waals surface area contributed by atoms with Crippen LogP contribution in [-0.2, 0) is 11.3 Å². The van der Waals surface area contributed by atoms with Crippen molar-refractivity contribution in [2.75, 3.05) is 0 Å². The summed E-state index contributed by atoms with van der Waals surface area (Å²) in [5.41, 5.74) is 0.628. The molecule has 0 aliphatic carbocycles. The Labute approximate surface area is 77.0 Å². The van der Waals surface area contributed by atoms with Gasteiger partial charge in [0.25, 0.3) is 0 Å². The summed E-state index contributed by atoms with van der Waals surface area (Å²) >= 11 is 0. The molecule has 0 amide bonds. The summed E-state index contributed by atoms with van der Waals surface area (Å²) in [7, 11) is 0. The fourth-order valence-electron chi connectivity index (χ4n) is 1.09. The Hall–Kier alpha value is -1.51. The minimum Gasteiger partial charge on any atom is -0.294 e. The van der Waals surface area contributed by atoms with Crippen LogP contribution in [0.2, 0.25) is 0 Å². The van der Waals surface area contributed by atoms with Gasteiger partial charge in [-0.3, -0.25) is 9.59 Å². The summed E-state index contributed by atoms with van der Waals surface area (Å²) in [6.07, 6.45) is 3.46. The number of ketones is 2. The molecule has 0 aliphatic heterocycles. The van der Waals surface area contributed by atoms with Gasteiger partial charge in [-0.15, -0.1) is 0 Å². The van der Waals surface area contributed by atoms with Crippen molar-refractivity contribution in [3.63, 3.8) is 0 Å². The minimum absolute atomic E-state index is 0.0119. The molecule has 0 unspecified atom stereocenters. The number of Topliss-reactive ketones (excluding diaryl/α,β-unsaturated/α-hetero) is 2. The lowest BCUT2D eigenvalue weighted by Gasteiger charge is -1.94. The van der Waals surface area contributed by atoms with Gasteiger partial charge in [0.15, 0.2) is 24.0 Å². The lowest BCUT2D eigenvalue weighted by molar-refractivity contribution is -0.684. The summed E-state index contributed by atoms with van der Waals surface area (Å²) in [4.78, 5) is 21.8.